The fraction of sp³-hybridized carbons (Fsp3) is 0.115. The molecular formula is C26H21N3O3S. The number of nitrogens with one attached hydrogen (secondary N) is 2. The largest absolute Gasteiger partial charge is 0.492 e. The van der Waals surface area contributed by atoms with Crippen LogP contribution in [-0.4, -0.2) is 28.1 Å². The van der Waals surface area contributed by atoms with E-state index in [4.69, 9.17) is 17.0 Å². The number of hydrogen-bond acceptors (Lipinski definition) is 4. The number of hydrogen-bond donors (Lipinski definition) is 2. The van der Waals surface area contributed by atoms with Crippen molar-refractivity contribution in [3.05, 3.63) is 83.6 Å². The number of thiocarbonyl (C=S) groups is 1. The second-order valence-corrected chi connectivity index (χ2v) is 8.23. The normalized spacial score (nSPS) is 13.8. The van der Waals surface area contributed by atoms with E-state index < -0.39 is 11.8 Å². The molecule has 1 saturated heterocycles. The van der Waals surface area contributed by atoms with E-state index >= 15 is 0 Å². The monoisotopic (exact) mass is 455 g/mol. The smallest absolute Gasteiger partial charge is 0.263 e. The number of nitrogens with zero attached hydrogens (tertiary/aromatic N) is 1. The molecule has 2 heterocycles. The highest BCUT2D eigenvalue weighted by molar-refractivity contribution is 7.80. The Labute approximate surface area is 195 Å². The molecule has 0 bridgehead atoms. The number of rotatable bonds is 5. The van der Waals surface area contributed by atoms with Gasteiger partial charge in [0.2, 0.25) is 0 Å². The molecule has 3 aromatic carbocycles. The predicted octanol–water partition coefficient (Wildman–Crippen LogP) is 4.10. The van der Waals surface area contributed by atoms with Crippen LogP contribution < -0.4 is 15.4 Å². The highest BCUT2D eigenvalue weighted by Gasteiger charge is 2.26. The lowest BCUT2D eigenvalue weighted by Gasteiger charge is -2.16. The second-order valence-electron chi connectivity index (χ2n) is 7.82. The van der Waals surface area contributed by atoms with Gasteiger partial charge in [-0.25, -0.2) is 0 Å². The summed E-state index contributed by atoms with van der Waals surface area (Å²) in [6, 6.07) is 22.2. The van der Waals surface area contributed by atoms with Gasteiger partial charge in [-0.1, -0.05) is 48.5 Å². The molecule has 0 aliphatic carbocycles. The summed E-state index contributed by atoms with van der Waals surface area (Å²) >= 11 is 4.89. The first-order valence-electron chi connectivity index (χ1n) is 10.6. The average Bonchev–Trinajstić information content (AvgIpc) is 3.07. The quantitative estimate of drug-likeness (QED) is 0.270. The first-order valence-corrected chi connectivity index (χ1v) is 11.0. The summed E-state index contributed by atoms with van der Waals surface area (Å²) in [5, 5.41) is 8.26. The number of fused-ring (bicyclic) bond motifs is 2. The Kier molecular flexibility index (Phi) is 5.40. The van der Waals surface area contributed by atoms with Crippen LogP contribution in [0.25, 0.3) is 27.8 Å². The van der Waals surface area contributed by atoms with Crippen molar-refractivity contribution >= 4 is 56.9 Å². The predicted molar refractivity (Wildman–Crippen MR) is 133 cm³/mol. The third kappa shape index (κ3) is 3.99. The molecule has 164 valence electrons. The highest BCUT2D eigenvalue weighted by Crippen LogP contribution is 2.28. The highest BCUT2D eigenvalue weighted by atomic mass is 32.1. The van der Waals surface area contributed by atoms with Crippen LogP contribution in [0.2, 0.25) is 0 Å². The maximum atomic E-state index is 12.3. The first-order chi connectivity index (χ1) is 16.0. The van der Waals surface area contributed by atoms with Gasteiger partial charge in [0.15, 0.2) is 5.11 Å². The minimum Gasteiger partial charge on any atom is -0.492 e. The van der Waals surface area contributed by atoms with Crippen molar-refractivity contribution in [1.82, 2.24) is 15.2 Å². The molecule has 1 aromatic heterocycles. The van der Waals surface area contributed by atoms with Crippen LogP contribution in [0.1, 0.15) is 11.3 Å². The SMILES string of the molecule is Cc1c(C=C2C(=O)NC(=S)NC2=O)c2ccccc2n1CCOc1ccc2ccccc2c1. The molecule has 7 heteroatoms. The number of benzene rings is 3. The van der Waals surface area contributed by atoms with E-state index in [-0.39, 0.29) is 10.7 Å². The zero-order valence-electron chi connectivity index (χ0n) is 17.9. The minimum atomic E-state index is -0.500. The van der Waals surface area contributed by atoms with Crippen molar-refractivity contribution < 1.29 is 14.3 Å². The third-order valence-corrected chi connectivity index (χ3v) is 6.02. The fourth-order valence-corrected chi connectivity index (χ4v) is 4.38. The summed E-state index contributed by atoms with van der Waals surface area (Å²) < 4.78 is 8.19. The van der Waals surface area contributed by atoms with Gasteiger partial charge in [-0.15, -0.1) is 0 Å². The van der Waals surface area contributed by atoms with Crippen LogP contribution in [0.5, 0.6) is 5.75 Å². The first kappa shape index (κ1) is 20.9. The molecule has 1 aliphatic heterocycles. The summed E-state index contributed by atoms with van der Waals surface area (Å²) in [4.78, 5) is 24.7. The molecule has 0 spiro atoms. The van der Waals surface area contributed by atoms with E-state index in [2.05, 4.69) is 33.4 Å². The summed E-state index contributed by atoms with van der Waals surface area (Å²) in [6.07, 6.45) is 1.63. The molecule has 2 amide bonds. The van der Waals surface area contributed by atoms with Gasteiger partial charge in [-0.2, -0.15) is 0 Å². The molecule has 6 nitrogen and oxygen atoms in total. The number of ether oxygens (including phenoxy) is 1. The number of carbonyl (C=O) groups is 2. The standard InChI is InChI=1S/C26H21N3O3S/c1-16-21(15-22-24(30)27-26(33)28-25(22)31)20-8-4-5-9-23(20)29(16)12-13-32-19-11-10-17-6-2-3-7-18(17)14-19/h2-11,14-15H,12-13H2,1H3,(H2,27,28,30,31,33). The molecule has 0 unspecified atom stereocenters. The van der Waals surface area contributed by atoms with Gasteiger partial charge in [0.1, 0.15) is 17.9 Å². The van der Waals surface area contributed by atoms with E-state index in [0.29, 0.717) is 13.2 Å². The van der Waals surface area contributed by atoms with Crippen molar-refractivity contribution in [2.45, 2.75) is 13.5 Å². The summed E-state index contributed by atoms with van der Waals surface area (Å²) in [5.41, 5.74) is 2.81. The van der Waals surface area contributed by atoms with Gasteiger partial charge >= 0.3 is 0 Å². The van der Waals surface area contributed by atoms with Crippen LogP contribution in [0.3, 0.4) is 0 Å². The van der Waals surface area contributed by atoms with Crippen molar-refractivity contribution in [3.8, 4) is 5.75 Å². The molecule has 2 N–H and O–H groups in total. The van der Waals surface area contributed by atoms with Gasteiger partial charge in [0.05, 0.1) is 6.54 Å². The van der Waals surface area contributed by atoms with Crippen molar-refractivity contribution in [2.75, 3.05) is 6.61 Å². The lowest BCUT2D eigenvalue weighted by molar-refractivity contribution is -0.123. The van der Waals surface area contributed by atoms with Crippen LogP contribution >= 0.6 is 12.2 Å². The van der Waals surface area contributed by atoms with Gasteiger partial charge in [-0.05, 0) is 54.2 Å². The number of aromatic nitrogens is 1. The van der Waals surface area contributed by atoms with Crippen LogP contribution in [0, 0.1) is 6.92 Å². The molecule has 5 rings (SSSR count). The fourth-order valence-electron chi connectivity index (χ4n) is 4.19. The van der Waals surface area contributed by atoms with Gasteiger partial charge in [0, 0.05) is 22.2 Å². The maximum Gasteiger partial charge on any atom is 0.263 e. The maximum absolute atomic E-state index is 12.3. The third-order valence-electron chi connectivity index (χ3n) is 5.82. The number of amides is 2. The summed E-state index contributed by atoms with van der Waals surface area (Å²) in [7, 11) is 0. The van der Waals surface area contributed by atoms with Crippen LogP contribution in [0.15, 0.2) is 72.3 Å². The van der Waals surface area contributed by atoms with Crippen molar-refractivity contribution in [3.63, 3.8) is 0 Å². The topological polar surface area (TPSA) is 72.4 Å². The summed E-state index contributed by atoms with van der Waals surface area (Å²) in [5.74, 6) is -0.184. The van der Waals surface area contributed by atoms with Crippen molar-refractivity contribution in [2.24, 2.45) is 0 Å². The number of carbonyl (C=O) groups excluding carboxylic acids is 2. The Morgan fingerprint density at radius 2 is 1.64 bits per heavy atom. The van der Waals surface area contributed by atoms with Gasteiger partial charge in [-0.3, -0.25) is 20.2 Å². The van der Waals surface area contributed by atoms with Crippen molar-refractivity contribution in [1.29, 1.82) is 0 Å². The van der Waals surface area contributed by atoms with Crippen LogP contribution in [-0.2, 0) is 16.1 Å². The zero-order valence-corrected chi connectivity index (χ0v) is 18.7. The van der Waals surface area contributed by atoms with E-state index in [9.17, 15) is 9.59 Å². The Balaban J connectivity index is 1.43. The van der Waals surface area contributed by atoms with Crippen LogP contribution in [0.4, 0.5) is 0 Å². The average molecular weight is 456 g/mol. The molecule has 0 saturated carbocycles. The summed E-state index contributed by atoms with van der Waals surface area (Å²) in [6.45, 7) is 3.07. The Hall–Kier alpha value is -3.97. The Morgan fingerprint density at radius 3 is 2.42 bits per heavy atom. The Morgan fingerprint density at radius 1 is 0.939 bits per heavy atom. The Bertz CT molecular complexity index is 1450. The van der Waals surface area contributed by atoms with Gasteiger partial charge in [0.25, 0.3) is 11.8 Å². The van der Waals surface area contributed by atoms with E-state index in [1.54, 1.807) is 6.08 Å². The van der Waals surface area contributed by atoms with E-state index in [0.717, 1.165) is 33.3 Å². The molecule has 0 atom stereocenters. The second kappa shape index (κ2) is 8.52. The van der Waals surface area contributed by atoms with Gasteiger partial charge < -0.3 is 9.30 Å². The minimum absolute atomic E-state index is 0.0205. The van der Waals surface area contributed by atoms with E-state index in [1.165, 1.54) is 5.39 Å². The van der Waals surface area contributed by atoms with E-state index in [1.807, 2.05) is 55.5 Å². The zero-order chi connectivity index (χ0) is 22.9. The number of para-hydroxylation sites is 1. The lowest BCUT2D eigenvalue weighted by Crippen LogP contribution is -2.51. The lowest BCUT2D eigenvalue weighted by atomic mass is 10.1. The molecule has 0 radical (unpaired) electrons. The molecule has 33 heavy (non-hydrogen) atoms. The molecule has 1 aliphatic rings. The molecule has 1 fully saturated rings. The molecule has 4 aromatic rings. The molecular weight excluding hydrogens is 434 g/mol.